The first-order chi connectivity index (χ1) is 10.1. The van der Waals surface area contributed by atoms with E-state index in [0.717, 1.165) is 17.2 Å². The van der Waals surface area contributed by atoms with E-state index in [0.29, 0.717) is 13.0 Å². The van der Waals surface area contributed by atoms with Gasteiger partial charge in [-0.1, -0.05) is 19.1 Å². The zero-order chi connectivity index (χ0) is 15.2. The summed E-state index contributed by atoms with van der Waals surface area (Å²) >= 11 is 0. The number of carbonyl (C=O) groups excluding carboxylic acids is 1. The molecule has 0 spiro atoms. The number of rotatable bonds is 6. The number of furan rings is 1. The summed E-state index contributed by atoms with van der Waals surface area (Å²) in [5.41, 5.74) is 2.01. The van der Waals surface area contributed by atoms with Gasteiger partial charge in [-0.3, -0.25) is 4.79 Å². The molecule has 1 unspecified atom stereocenters. The Kier molecular flexibility index (Phi) is 5.17. The fourth-order valence-electron chi connectivity index (χ4n) is 2.06. The molecule has 0 saturated carbocycles. The molecule has 21 heavy (non-hydrogen) atoms. The number of hydrogen-bond donors (Lipinski definition) is 2. The van der Waals surface area contributed by atoms with Gasteiger partial charge < -0.3 is 15.1 Å². The maximum Gasteiger partial charge on any atom is 0.224 e. The van der Waals surface area contributed by atoms with E-state index in [1.54, 1.807) is 0 Å². The van der Waals surface area contributed by atoms with Crippen molar-refractivity contribution in [3.05, 3.63) is 53.5 Å². The van der Waals surface area contributed by atoms with Crippen molar-refractivity contribution >= 4 is 11.6 Å². The third-order valence-corrected chi connectivity index (χ3v) is 3.39. The largest absolute Gasteiger partial charge is 0.465 e. The number of hydrogen-bond acceptors (Lipinski definition) is 3. The van der Waals surface area contributed by atoms with Crippen molar-refractivity contribution in [3.8, 4) is 0 Å². The lowest BCUT2D eigenvalue weighted by molar-refractivity contribution is -0.115. The van der Waals surface area contributed by atoms with Crippen LogP contribution >= 0.6 is 0 Å². The van der Waals surface area contributed by atoms with Gasteiger partial charge in [0.05, 0.1) is 6.54 Å². The molecular weight excluding hydrogens is 264 g/mol. The molecule has 4 heteroatoms. The second-order valence-corrected chi connectivity index (χ2v) is 5.14. The Hall–Kier alpha value is -2.07. The minimum absolute atomic E-state index is 0.0297. The molecular formula is C17H22N2O2. The smallest absolute Gasteiger partial charge is 0.224 e. The Morgan fingerprint density at radius 2 is 1.90 bits per heavy atom. The average Bonchev–Trinajstić information content (AvgIpc) is 2.91. The second kappa shape index (κ2) is 7.09. The van der Waals surface area contributed by atoms with Gasteiger partial charge in [-0.2, -0.15) is 0 Å². The fourth-order valence-corrected chi connectivity index (χ4v) is 2.06. The van der Waals surface area contributed by atoms with Crippen LogP contribution in [-0.2, 0) is 11.3 Å². The van der Waals surface area contributed by atoms with Crippen LogP contribution in [0.5, 0.6) is 0 Å². The van der Waals surface area contributed by atoms with Crippen molar-refractivity contribution < 1.29 is 9.21 Å². The molecule has 0 bridgehead atoms. The quantitative estimate of drug-likeness (QED) is 0.849. The molecule has 2 aromatic rings. The summed E-state index contributed by atoms with van der Waals surface area (Å²) < 4.78 is 5.53. The van der Waals surface area contributed by atoms with Gasteiger partial charge in [-0.05, 0) is 43.7 Å². The highest BCUT2D eigenvalue weighted by atomic mass is 16.3. The number of amides is 1. The Morgan fingerprint density at radius 3 is 2.48 bits per heavy atom. The van der Waals surface area contributed by atoms with Gasteiger partial charge in [0.15, 0.2) is 0 Å². The van der Waals surface area contributed by atoms with Crippen LogP contribution in [0.4, 0.5) is 5.69 Å². The normalized spacial score (nSPS) is 12.1. The van der Waals surface area contributed by atoms with Crippen molar-refractivity contribution in [2.45, 2.75) is 39.8 Å². The van der Waals surface area contributed by atoms with Crippen molar-refractivity contribution in [3.63, 3.8) is 0 Å². The minimum atomic E-state index is 0.0297. The molecule has 1 aromatic carbocycles. The standard InChI is InChI=1S/C17H22N2O2/c1-4-17(20)19-15-8-6-14(7-9-15)13(3)18-11-16-10-5-12(2)21-16/h5-10,13,18H,4,11H2,1-3H3,(H,19,20). The Labute approximate surface area is 125 Å². The van der Waals surface area contributed by atoms with Crippen molar-refractivity contribution in [2.75, 3.05) is 5.32 Å². The van der Waals surface area contributed by atoms with E-state index in [1.807, 2.05) is 50.2 Å². The lowest BCUT2D eigenvalue weighted by Gasteiger charge is -2.14. The highest BCUT2D eigenvalue weighted by molar-refractivity contribution is 5.90. The van der Waals surface area contributed by atoms with Crippen LogP contribution in [0.2, 0.25) is 0 Å². The van der Waals surface area contributed by atoms with Gasteiger partial charge in [-0.25, -0.2) is 0 Å². The molecule has 112 valence electrons. The molecule has 1 aromatic heterocycles. The van der Waals surface area contributed by atoms with E-state index in [9.17, 15) is 4.79 Å². The average molecular weight is 286 g/mol. The van der Waals surface area contributed by atoms with Crippen LogP contribution in [-0.4, -0.2) is 5.91 Å². The van der Waals surface area contributed by atoms with E-state index in [2.05, 4.69) is 17.6 Å². The van der Waals surface area contributed by atoms with Gasteiger partial charge in [0, 0.05) is 18.2 Å². The highest BCUT2D eigenvalue weighted by Crippen LogP contribution is 2.17. The first kappa shape index (κ1) is 15.3. The van der Waals surface area contributed by atoms with E-state index >= 15 is 0 Å². The number of carbonyl (C=O) groups is 1. The molecule has 2 N–H and O–H groups in total. The van der Waals surface area contributed by atoms with Crippen LogP contribution in [0, 0.1) is 6.92 Å². The molecule has 0 aliphatic heterocycles. The third-order valence-electron chi connectivity index (χ3n) is 3.39. The van der Waals surface area contributed by atoms with Crippen LogP contribution in [0.3, 0.4) is 0 Å². The van der Waals surface area contributed by atoms with E-state index in [4.69, 9.17) is 4.42 Å². The van der Waals surface area contributed by atoms with E-state index in [-0.39, 0.29) is 11.9 Å². The van der Waals surface area contributed by atoms with Crippen LogP contribution in [0.1, 0.15) is 43.4 Å². The van der Waals surface area contributed by atoms with Crippen molar-refractivity contribution in [1.82, 2.24) is 5.32 Å². The fraction of sp³-hybridized carbons (Fsp3) is 0.353. The molecule has 0 fully saturated rings. The molecule has 0 radical (unpaired) electrons. The molecule has 0 aliphatic carbocycles. The van der Waals surface area contributed by atoms with Crippen LogP contribution < -0.4 is 10.6 Å². The lowest BCUT2D eigenvalue weighted by Crippen LogP contribution is -2.17. The number of anilines is 1. The molecule has 4 nitrogen and oxygen atoms in total. The van der Waals surface area contributed by atoms with E-state index in [1.165, 1.54) is 5.56 Å². The van der Waals surface area contributed by atoms with Crippen LogP contribution in [0.25, 0.3) is 0 Å². The maximum absolute atomic E-state index is 11.3. The molecule has 1 atom stereocenters. The zero-order valence-corrected chi connectivity index (χ0v) is 12.8. The van der Waals surface area contributed by atoms with Gasteiger partial charge in [0.2, 0.25) is 5.91 Å². The van der Waals surface area contributed by atoms with E-state index < -0.39 is 0 Å². The Morgan fingerprint density at radius 1 is 1.19 bits per heavy atom. The summed E-state index contributed by atoms with van der Waals surface area (Å²) in [6.45, 7) is 6.58. The minimum Gasteiger partial charge on any atom is -0.465 e. The lowest BCUT2D eigenvalue weighted by atomic mass is 10.1. The number of nitrogens with one attached hydrogen (secondary N) is 2. The van der Waals surface area contributed by atoms with Gasteiger partial charge in [0.1, 0.15) is 11.5 Å². The SMILES string of the molecule is CCC(=O)Nc1ccc(C(C)NCc2ccc(C)o2)cc1. The van der Waals surface area contributed by atoms with Crippen molar-refractivity contribution in [1.29, 1.82) is 0 Å². The first-order valence-corrected chi connectivity index (χ1v) is 7.27. The third kappa shape index (κ3) is 4.46. The summed E-state index contributed by atoms with van der Waals surface area (Å²) in [4.78, 5) is 11.3. The molecule has 0 aliphatic rings. The molecule has 0 saturated heterocycles. The zero-order valence-electron chi connectivity index (χ0n) is 12.8. The van der Waals surface area contributed by atoms with Gasteiger partial charge in [0.25, 0.3) is 0 Å². The molecule has 2 rings (SSSR count). The Bertz CT molecular complexity index is 587. The molecule has 1 heterocycles. The van der Waals surface area contributed by atoms with Crippen molar-refractivity contribution in [2.24, 2.45) is 0 Å². The number of aryl methyl sites for hydroxylation is 1. The summed E-state index contributed by atoms with van der Waals surface area (Å²) in [6.07, 6.45) is 0.488. The van der Waals surface area contributed by atoms with Gasteiger partial charge in [-0.15, -0.1) is 0 Å². The maximum atomic E-state index is 11.3. The number of benzene rings is 1. The summed E-state index contributed by atoms with van der Waals surface area (Å²) in [5, 5.41) is 6.26. The molecule has 1 amide bonds. The highest BCUT2D eigenvalue weighted by Gasteiger charge is 2.07. The second-order valence-electron chi connectivity index (χ2n) is 5.14. The van der Waals surface area contributed by atoms with Gasteiger partial charge >= 0.3 is 0 Å². The Balaban J connectivity index is 1.90. The summed E-state index contributed by atoms with van der Waals surface area (Å²) in [6, 6.07) is 12.1. The van der Waals surface area contributed by atoms with Crippen LogP contribution in [0.15, 0.2) is 40.8 Å². The summed E-state index contributed by atoms with van der Waals surface area (Å²) in [5.74, 6) is 1.89. The monoisotopic (exact) mass is 286 g/mol. The topological polar surface area (TPSA) is 54.3 Å². The predicted octanol–water partition coefficient (Wildman–Crippen LogP) is 3.79. The summed E-state index contributed by atoms with van der Waals surface area (Å²) in [7, 11) is 0. The predicted molar refractivity (Wildman–Crippen MR) is 84.1 cm³/mol. The first-order valence-electron chi connectivity index (χ1n) is 7.27.